The predicted octanol–water partition coefficient (Wildman–Crippen LogP) is 9.97. The van der Waals surface area contributed by atoms with E-state index in [9.17, 15) is 0 Å². The third-order valence-corrected chi connectivity index (χ3v) is 12.4. The molecule has 0 fully saturated rings. The lowest BCUT2D eigenvalue weighted by Crippen LogP contribution is -2.17. The van der Waals surface area contributed by atoms with Crippen LogP contribution in [0.2, 0.25) is 0 Å². The molecule has 2 N–H and O–H groups in total. The Morgan fingerprint density at radius 2 is 1.55 bits per heavy atom. The summed E-state index contributed by atoms with van der Waals surface area (Å²) in [5.41, 5.74) is 15.3. The first-order valence-electron chi connectivity index (χ1n) is 17.6. The van der Waals surface area contributed by atoms with Crippen molar-refractivity contribution in [2.75, 3.05) is 11.4 Å². The van der Waals surface area contributed by atoms with E-state index >= 15 is 0 Å². The molecule has 7 heteroatoms. The topological polar surface area (TPSA) is 73.5 Å². The smallest absolute Gasteiger partial charge is 0.101 e. The van der Waals surface area contributed by atoms with E-state index in [1.807, 2.05) is 17.8 Å². The summed E-state index contributed by atoms with van der Waals surface area (Å²) in [7, 11) is 0. The van der Waals surface area contributed by atoms with Crippen LogP contribution in [0, 0.1) is 0 Å². The van der Waals surface area contributed by atoms with E-state index in [0.717, 1.165) is 64.2 Å². The van der Waals surface area contributed by atoms with Gasteiger partial charge in [0.25, 0.3) is 0 Å². The number of rotatable bonds is 5. The Morgan fingerprint density at radius 3 is 2.45 bits per heavy atom. The molecule has 8 aromatic rings. The monoisotopic (exact) mass is 676 g/mol. The Kier molecular flexibility index (Phi) is 6.40. The molecule has 51 heavy (non-hydrogen) atoms. The van der Waals surface area contributed by atoms with Crippen LogP contribution in [0.1, 0.15) is 39.6 Å². The zero-order valence-electron chi connectivity index (χ0n) is 27.7. The van der Waals surface area contributed by atoms with Crippen LogP contribution in [-0.4, -0.2) is 37.2 Å². The van der Waals surface area contributed by atoms with Gasteiger partial charge >= 0.3 is 0 Å². The van der Waals surface area contributed by atoms with Crippen LogP contribution in [-0.2, 0) is 12.8 Å². The molecule has 0 spiro atoms. The molecule has 2 aliphatic heterocycles. The highest BCUT2D eigenvalue weighted by Gasteiger charge is 2.44. The lowest BCUT2D eigenvalue weighted by molar-refractivity contribution is 0.788. The highest BCUT2D eigenvalue weighted by Crippen LogP contribution is 2.60. The molecular weight excluding hydrogens is 645 g/mol. The van der Waals surface area contributed by atoms with E-state index in [1.54, 1.807) is 6.20 Å². The van der Waals surface area contributed by atoms with Gasteiger partial charge in [-0.05, 0) is 82.5 Å². The van der Waals surface area contributed by atoms with E-state index in [2.05, 4.69) is 142 Å². The number of H-pyrrole nitrogens is 2. The molecule has 2 atom stereocenters. The van der Waals surface area contributed by atoms with Gasteiger partial charge in [-0.2, -0.15) is 15.3 Å². The summed E-state index contributed by atoms with van der Waals surface area (Å²) in [6.07, 6.45) is 5.91. The minimum absolute atomic E-state index is 0.0836. The normalized spacial score (nSPS) is 17.8. The molecular formula is C44H32N6S. The number of para-hydroxylation sites is 2. The fraction of sp³-hybridized carbons (Fsp3) is 0.114. The van der Waals surface area contributed by atoms with E-state index in [4.69, 9.17) is 10.2 Å². The quantitative estimate of drug-likeness (QED) is 0.190. The summed E-state index contributed by atoms with van der Waals surface area (Å²) in [5.74, 6) is 0.0836. The average Bonchev–Trinajstić information content (AvgIpc) is 4.02. The second-order valence-corrected chi connectivity index (χ2v) is 14.9. The number of fused-ring (bicyclic) bond motifs is 5. The van der Waals surface area contributed by atoms with Crippen molar-refractivity contribution in [1.29, 1.82) is 0 Å². The number of nitrogens with zero attached hydrogens (tertiary/aromatic N) is 4. The Labute approximate surface area is 299 Å². The fourth-order valence-corrected chi connectivity index (χ4v) is 10.3. The number of anilines is 2. The Hall–Kier alpha value is -5.92. The molecule has 0 radical (unpaired) electrons. The first-order valence-corrected chi connectivity index (χ1v) is 18.5. The van der Waals surface area contributed by atoms with E-state index < -0.39 is 0 Å². The number of hydrogen-bond donors (Lipinski definition) is 2. The van der Waals surface area contributed by atoms with Gasteiger partial charge in [0.05, 0.1) is 22.6 Å². The van der Waals surface area contributed by atoms with Crippen molar-refractivity contribution in [3.05, 3.63) is 167 Å². The number of hydrogen-bond acceptors (Lipinski definition) is 5. The zero-order chi connectivity index (χ0) is 33.5. The number of aromatic amines is 2. The van der Waals surface area contributed by atoms with Crippen molar-refractivity contribution in [2.45, 2.75) is 28.9 Å². The third kappa shape index (κ3) is 4.34. The Bertz CT molecular complexity index is 2660. The van der Waals surface area contributed by atoms with Gasteiger partial charge in [-0.3, -0.25) is 5.10 Å². The molecule has 2 unspecified atom stereocenters. The molecule has 5 aromatic carbocycles. The van der Waals surface area contributed by atoms with Crippen molar-refractivity contribution in [1.82, 2.24) is 25.4 Å². The first kappa shape index (κ1) is 28.9. The number of aromatic nitrogens is 5. The summed E-state index contributed by atoms with van der Waals surface area (Å²) in [5, 5.41) is 21.7. The average molecular weight is 677 g/mol. The van der Waals surface area contributed by atoms with Crippen LogP contribution in [0.4, 0.5) is 11.4 Å². The molecule has 1 aliphatic carbocycles. The highest BCUT2D eigenvalue weighted by atomic mass is 32.2. The zero-order valence-corrected chi connectivity index (χ0v) is 28.5. The van der Waals surface area contributed by atoms with Gasteiger partial charge in [-0.25, -0.2) is 0 Å². The van der Waals surface area contributed by atoms with Crippen LogP contribution in [0.15, 0.2) is 139 Å². The molecule has 3 aromatic heterocycles. The van der Waals surface area contributed by atoms with Gasteiger partial charge in [0.2, 0.25) is 0 Å². The van der Waals surface area contributed by atoms with Gasteiger partial charge in [0.15, 0.2) is 0 Å². The van der Waals surface area contributed by atoms with Crippen LogP contribution in [0.25, 0.3) is 44.1 Å². The number of thioether (sulfide) groups is 1. The SMILES string of the molecule is c1cnnc(-c2c(N3CCc4ccccc43)ccc3c2C(c2n[nH]c4ccccc24)=C(c2[nH]cc4ccccc24)C3C2Cc3ccccc3S2)c1. The largest absolute Gasteiger partial charge is 0.360 e. The molecule has 0 saturated heterocycles. The molecule has 6 nitrogen and oxygen atoms in total. The third-order valence-electron chi connectivity index (χ3n) is 11.0. The second-order valence-electron chi connectivity index (χ2n) is 13.7. The van der Waals surface area contributed by atoms with Crippen molar-refractivity contribution in [3.63, 3.8) is 0 Å². The van der Waals surface area contributed by atoms with Crippen LogP contribution < -0.4 is 4.90 Å². The first-order chi connectivity index (χ1) is 25.3. The van der Waals surface area contributed by atoms with Gasteiger partial charge in [-0.1, -0.05) is 84.9 Å². The fourth-order valence-electron chi connectivity index (χ4n) is 8.85. The summed E-state index contributed by atoms with van der Waals surface area (Å²) >= 11 is 2.01. The van der Waals surface area contributed by atoms with Gasteiger partial charge in [-0.15, -0.1) is 11.8 Å². The summed E-state index contributed by atoms with van der Waals surface area (Å²) in [4.78, 5) is 7.66. The molecule has 0 saturated carbocycles. The standard InChI is InChI=1S/C44H32N6S/c1-4-13-29-28(12-1)25-45-43(29)41-38(37-24-27-11-3-8-18-36(27)51-37)31-19-20-35(50-23-21-26-10-2-7-17-34(26)50)40(33-16-9-22-46-47-33)39(31)42(41)44-30-14-5-6-15-32(30)48-49-44/h1-20,22,25,37-38,45H,21,23-24H2,(H,48,49). The molecule has 244 valence electrons. The van der Waals surface area contributed by atoms with Gasteiger partial charge in [0, 0.05) is 62.6 Å². The predicted molar refractivity (Wildman–Crippen MR) is 207 cm³/mol. The van der Waals surface area contributed by atoms with Crippen molar-refractivity contribution >= 4 is 56.0 Å². The highest BCUT2D eigenvalue weighted by molar-refractivity contribution is 8.00. The Balaban J connectivity index is 1.27. The lowest BCUT2D eigenvalue weighted by atomic mass is 9.86. The molecule has 11 rings (SSSR count). The van der Waals surface area contributed by atoms with Crippen molar-refractivity contribution in [3.8, 4) is 11.3 Å². The van der Waals surface area contributed by atoms with Crippen molar-refractivity contribution in [2.24, 2.45) is 0 Å². The number of nitrogens with one attached hydrogen (secondary N) is 2. The molecule has 0 bridgehead atoms. The van der Waals surface area contributed by atoms with Gasteiger partial charge in [0.1, 0.15) is 5.69 Å². The van der Waals surface area contributed by atoms with Gasteiger partial charge < -0.3 is 9.88 Å². The summed E-state index contributed by atoms with van der Waals surface area (Å²) < 4.78 is 0. The second kappa shape index (κ2) is 11.3. The van der Waals surface area contributed by atoms with Crippen LogP contribution >= 0.6 is 11.8 Å². The maximum Gasteiger partial charge on any atom is 0.101 e. The Morgan fingerprint density at radius 1 is 0.725 bits per heavy atom. The maximum absolute atomic E-state index is 5.16. The van der Waals surface area contributed by atoms with E-state index in [-0.39, 0.29) is 11.2 Å². The minimum atomic E-state index is 0.0836. The maximum atomic E-state index is 5.16. The number of allylic oxidation sites excluding steroid dienone is 1. The molecule has 5 heterocycles. The minimum Gasteiger partial charge on any atom is -0.360 e. The summed E-state index contributed by atoms with van der Waals surface area (Å²) in [6.45, 7) is 0.904. The van der Waals surface area contributed by atoms with Crippen molar-refractivity contribution < 1.29 is 0 Å². The lowest BCUT2D eigenvalue weighted by Gasteiger charge is -2.27. The van der Waals surface area contributed by atoms with E-state index in [0.29, 0.717) is 0 Å². The molecule has 0 amide bonds. The van der Waals surface area contributed by atoms with Crippen LogP contribution in [0.3, 0.4) is 0 Å². The van der Waals surface area contributed by atoms with E-state index in [1.165, 1.54) is 49.2 Å². The summed E-state index contributed by atoms with van der Waals surface area (Å²) in [6, 6.07) is 43.8. The van der Waals surface area contributed by atoms with Crippen LogP contribution in [0.5, 0.6) is 0 Å². The molecule has 3 aliphatic rings. The number of benzene rings is 5.